The fourth-order valence-corrected chi connectivity index (χ4v) is 3.27. The van der Waals surface area contributed by atoms with Gasteiger partial charge in [-0.15, -0.1) is 0 Å². The monoisotopic (exact) mass is 324 g/mol. The molecule has 1 heterocycles. The van der Waals surface area contributed by atoms with Gasteiger partial charge in [-0.2, -0.15) is 0 Å². The van der Waals surface area contributed by atoms with Crippen LogP contribution < -0.4 is 10.2 Å². The van der Waals surface area contributed by atoms with Crippen molar-refractivity contribution in [3.8, 4) is 0 Å². The summed E-state index contributed by atoms with van der Waals surface area (Å²) in [6, 6.07) is 7.35. The first-order valence-electron chi connectivity index (χ1n) is 7.51. The van der Waals surface area contributed by atoms with E-state index >= 15 is 0 Å². The number of hydrogen-bond acceptors (Lipinski definition) is 2. The highest BCUT2D eigenvalue weighted by atomic mass is 79.9. The van der Waals surface area contributed by atoms with Gasteiger partial charge in [-0.25, -0.2) is 0 Å². The number of halogens is 1. The second-order valence-corrected chi connectivity index (χ2v) is 6.28. The van der Waals surface area contributed by atoms with Crippen LogP contribution in [0.4, 0.5) is 5.69 Å². The molecule has 0 radical (unpaired) electrons. The highest BCUT2D eigenvalue weighted by Gasteiger charge is 2.20. The summed E-state index contributed by atoms with van der Waals surface area (Å²) in [6.07, 6.45) is 4.92. The maximum atomic E-state index is 3.67. The number of aryl methyl sites for hydroxylation is 1. The lowest BCUT2D eigenvalue weighted by atomic mass is 10.0. The Hall–Kier alpha value is -0.540. The minimum Gasteiger partial charge on any atom is -0.370 e. The summed E-state index contributed by atoms with van der Waals surface area (Å²) in [7, 11) is 0. The van der Waals surface area contributed by atoms with Gasteiger partial charge < -0.3 is 10.2 Å². The van der Waals surface area contributed by atoms with Crippen molar-refractivity contribution in [2.75, 3.05) is 24.5 Å². The van der Waals surface area contributed by atoms with Crippen molar-refractivity contribution in [2.24, 2.45) is 0 Å². The summed E-state index contributed by atoms with van der Waals surface area (Å²) >= 11 is 3.58. The summed E-state index contributed by atoms with van der Waals surface area (Å²) in [5, 5.41) is 3.67. The quantitative estimate of drug-likeness (QED) is 0.881. The first-order chi connectivity index (χ1) is 9.24. The van der Waals surface area contributed by atoms with E-state index in [0.29, 0.717) is 6.04 Å². The van der Waals surface area contributed by atoms with Crippen LogP contribution in [-0.4, -0.2) is 25.7 Å². The minimum absolute atomic E-state index is 0.655. The van der Waals surface area contributed by atoms with E-state index in [1.807, 2.05) is 0 Å². The van der Waals surface area contributed by atoms with E-state index in [2.05, 4.69) is 58.2 Å². The van der Waals surface area contributed by atoms with E-state index in [0.717, 1.165) is 19.5 Å². The number of nitrogens with zero attached hydrogens (tertiary/aromatic N) is 1. The highest BCUT2D eigenvalue weighted by Crippen LogP contribution is 2.27. The zero-order valence-corrected chi connectivity index (χ0v) is 13.7. The number of hydrogen-bond donors (Lipinski definition) is 1. The molecule has 19 heavy (non-hydrogen) atoms. The van der Waals surface area contributed by atoms with Gasteiger partial charge in [-0.05, 0) is 56.0 Å². The zero-order chi connectivity index (χ0) is 13.7. The first-order valence-corrected chi connectivity index (χ1v) is 8.30. The minimum atomic E-state index is 0.655. The van der Waals surface area contributed by atoms with Crippen LogP contribution in [0, 0.1) is 0 Å². The van der Waals surface area contributed by atoms with E-state index < -0.39 is 0 Å². The maximum absolute atomic E-state index is 3.67. The number of rotatable bonds is 5. The van der Waals surface area contributed by atoms with Crippen LogP contribution in [0.5, 0.6) is 0 Å². The van der Waals surface area contributed by atoms with Crippen molar-refractivity contribution in [3.63, 3.8) is 0 Å². The molecular weight excluding hydrogens is 300 g/mol. The molecule has 1 aromatic carbocycles. The predicted octanol–water partition coefficient (Wildman–Crippen LogP) is 3.98. The van der Waals surface area contributed by atoms with Crippen LogP contribution in [0.15, 0.2) is 22.7 Å². The molecule has 2 nitrogen and oxygen atoms in total. The topological polar surface area (TPSA) is 15.3 Å². The van der Waals surface area contributed by atoms with Gasteiger partial charge in [0.25, 0.3) is 0 Å². The van der Waals surface area contributed by atoms with Gasteiger partial charge in [0.1, 0.15) is 0 Å². The Balaban J connectivity index is 2.08. The van der Waals surface area contributed by atoms with E-state index in [1.165, 1.54) is 41.5 Å². The molecule has 0 saturated carbocycles. The van der Waals surface area contributed by atoms with Crippen LogP contribution >= 0.6 is 15.9 Å². The zero-order valence-electron chi connectivity index (χ0n) is 12.1. The van der Waals surface area contributed by atoms with E-state index in [1.54, 1.807) is 0 Å². The summed E-state index contributed by atoms with van der Waals surface area (Å²) in [4.78, 5) is 2.56. The van der Waals surface area contributed by atoms with Crippen LogP contribution in [0.1, 0.15) is 38.7 Å². The van der Waals surface area contributed by atoms with E-state index in [-0.39, 0.29) is 0 Å². The summed E-state index contributed by atoms with van der Waals surface area (Å²) in [6.45, 7) is 7.95. The average Bonchev–Trinajstić information content (AvgIpc) is 2.45. The van der Waals surface area contributed by atoms with Crippen LogP contribution in [0.2, 0.25) is 0 Å². The molecule has 1 saturated heterocycles. The molecule has 0 bridgehead atoms. The van der Waals surface area contributed by atoms with Gasteiger partial charge in [0, 0.05) is 29.3 Å². The van der Waals surface area contributed by atoms with Crippen molar-refractivity contribution in [1.29, 1.82) is 0 Å². The van der Waals surface area contributed by atoms with E-state index in [4.69, 9.17) is 0 Å². The third-order valence-corrected chi connectivity index (χ3v) is 4.36. The number of benzene rings is 1. The predicted molar refractivity (Wildman–Crippen MR) is 87.0 cm³/mol. The molecular formula is C16H25BrN2. The van der Waals surface area contributed by atoms with E-state index in [9.17, 15) is 0 Å². The summed E-state index contributed by atoms with van der Waals surface area (Å²) in [5.74, 6) is 0. The molecule has 3 heteroatoms. The average molecular weight is 325 g/mol. The molecule has 1 fully saturated rings. The fourth-order valence-electron chi connectivity index (χ4n) is 2.86. The molecule has 0 spiro atoms. The SMILES string of the molecule is CCCNC1CCCN(c2ccc(Br)cc2CC)C1. The second kappa shape index (κ2) is 7.30. The first kappa shape index (κ1) is 14.9. The molecule has 1 aliphatic rings. The van der Waals surface area contributed by atoms with Crippen LogP contribution in [0.3, 0.4) is 0 Å². The molecule has 1 atom stereocenters. The third kappa shape index (κ3) is 3.96. The molecule has 1 N–H and O–H groups in total. The molecule has 2 rings (SSSR count). The molecule has 0 aromatic heterocycles. The molecule has 106 valence electrons. The summed E-state index contributed by atoms with van der Waals surface area (Å²) < 4.78 is 1.19. The van der Waals surface area contributed by atoms with Crippen molar-refractivity contribution >= 4 is 21.6 Å². The molecule has 0 amide bonds. The lowest BCUT2D eigenvalue weighted by Crippen LogP contribution is -2.46. The smallest absolute Gasteiger partial charge is 0.0399 e. The van der Waals surface area contributed by atoms with Crippen LogP contribution in [-0.2, 0) is 6.42 Å². The Labute approximate surface area is 125 Å². The molecule has 0 aliphatic carbocycles. The van der Waals surface area contributed by atoms with Crippen molar-refractivity contribution < 1.29 is 0 Å². The summed E-state index contributed by atoms with van der Waals surface area (Å²) in [5.41, 5.74) is 2.87. The van der Waals surface area contributed by atoms with Gasteiger partial charge in [0.2, 0.25) is 0 Å². The van der Waals surface area contributed by atoms with Crippen molar-refractivity contribution in [2.45, 2.75) is 45.6 Å². The second-order valence-electron chi connectivity index (χ2n) is 5.37. The van der Waals surface area contributed by atoms with Crippen LogP contribution in [0.25, 0.3) is 0 Å². The Morgan fingerprint density at radius 3 is 2.95 bits per heavy atom. The Kier molecular flexibility index (Phi) is 5.71. The number of anilines is 1. The van der Waals surface area contributed by atoms with Gasteiger partial charge in [0.15, 0.2) is 0 Å². The third-order valence-electron chi connectivity index (χ3n) is 3.87. The van der Waals surface area contributed by atoms with Gasteiger partial charge in [0.05, 0.1) is 0 Å². The fraction of sp³-hybridized carbons (Fsp3) is 0.625. The van der Waals surface area contributed by atoms with Gasteiger partial charge in [-0.3, -0.25) is 0 Å². The van der Waals surface area contributed by atoms with Gasteiger partial charge in [-0.1, -0.05) is 29.8 Å². The lowest BCUT2D eigenvalue weighted by molar-refractivity contribution is 0.423. The Bertz CT molecular complexity index is 406. The van der Waals surface area contributed by atoms with Crippen molar-refractivity contribution in [3.05, 3.63) is 28.2 Å². The number of nitrogens with one attached hydrogen (secondary N) is 1. The van der Waals surface area contributed by atoms with Gasteiger partial charge >= 0.3 is 0 Å². The Morgan fingerprint density at radius 2 is 2.21 bits per heavy atom. The maximum Gasteiger partial charge on any atom is 0.0399 e. The molecule has 1 unspecified atom stereocenters. The molecule has 1 aliphatic heterocycles. The standard InChI is InChI=1S/C16H25BrN2/c1-3-9-18-15-6-5-10-19(12-15)16-8-7-14(17)11-13(16)4-2/h7-8,11,15,18H,3-6,9-10,12H2,1-2H3. The highest BCUT2D eigenvalue weighted by molar-refractivity contribution is 9.10. The van der Waals surface area contributed by atoms with Crippen molar-refractivity contribution in [1.82, 2.24) is 5.32 Å². The number of piperidine rings is 1. The Morgan fingerprint density at radius 1 is 1.37 bits per heavy atom. The molecule has 1 aromatic rings. The normalized spacial score (nSPS) is 19.7. The lowest BCUT2D eigenvalue weighted by Gasteiger charge is -2.36. The largest absolute Gasteiger partial charge is 0.370 e.